The number of ketones is 2. The molecular weight excluding hydrogens is 176 g/mol. The predicted octanol–water partition coefficient (Wildman–Crippen LogP) is 2.53. The minimum atomic E-state index is -0.499. The second-order valence-electron chi connectivity index (χ2n) is 4.52. The van der Waals surface area contributed by atoms with E-state index in [1.807, 2.05) is 13.8 Å². The number of unbranched alkanes of at least 4 members (excludes halogenated alkanes) is 1. The first-order chi connectivity index (χ1) is 6.50. The van der Waals surface area contributed by atoms with E-state index in [0.29, 0.717) is 0 Å². The van der Waals surface area contributed by atoms with Crippen LogP contribution in [0.1, 0.15) is 40.0 Å². The third-order valence-electron chi connectivity index (χ3n) is 3.09. The third kappa shape index (κ3) is 1.94. The first-order valence-corrected chi connectivity index (χ1v) is 5.26. The van der Waals surface area contributed by atoms with E-state index in [1.165, 1.54) is 12.2 Å². The van der Waals surface area contributed by atoms with E-state index in [9.17, 15) is 9.59 Å². The van der Waals surface area contributed by atoms with Gasteiger partial charge in [-0.15, -0.1) is 0 Å². The summed E-state index contributed by atoms with van der Waals surface area (Å²) in [6, 6.07) is 0. The van der Waals surface area contributed by atoms with Crippen molar-refractivity contribution in [2.75, 3.05) is 0 Å². The Balaban J connectivity index is 2.84. The molecule has 1 aliphatic carbocycles. The maximum absolute atomic E-state index is 11.6. The molecule has 0 N–H and O–H groups in total. The highest BCUT2D eigenvalue weighted by Gasteiger charge is 2.40. The maximum Gasteiger partial charge on any atom is 0.162 e. The molecule has 0 aromatic heterocycles. The van der Waals surface area contributed by atoms with Crippen LogP contribution in [0.25, 0.3) is 0 Å². The fourth-order valence-electron chi connectivity index (χ4n) is 1.93. The Kier molecular flexibility index (Phi) is 3.25. The lowest BCUT2D eigenvalue weighted by Gasteiger charge is -2.32. The monoisotopic (exact) mass is 194 g/mol. The average Bonchev–Trinajstić information content (AvgIpc) is 2.12. The van der Waals surface area contributed by atoms with E-state index in [0.717, 1.165) is 19.3 Å². The highest BCUT2D eigenvalue weighted by Crippen LogP contribution is 2.35. The van der Waals surface area contributed by atoms with Crippen LogP contribution in [-0.4, -0.2) is 11.6 Å². The number of carbonyl (C=O) groups is 2. The summed E-state index contributed by atoms with van der Waals surface area (Å²) in [6.07, 6.45) is 5.77. The number of hydrogen-bond donors (Lipinski definition) is 0. The lowest BCUT2D eigenvalue weighted by atomic mass is 9.68. The number of allylic oxidation sites excluding steroid dienone is 2. The van der Waals surface area contributed by atoms with Gasteiger partial charge in [-0.05, 0) is 18.6 Å². The first-order valence-electron chi connectivity index (χ1n) is 5.26. The molecular formula is C12H18O2. The van der Waals surface area contributed by atoms with Crippen molar-refractivity contribution in [1.29, 1.82) is 0 Å². The summed E-state index contributed by atoms with van der Waals surface area (Å²) < 4.78 is 0. The lowest BCUT2D eigenvalue weighted by molar-refractivity contribution is -0.134. The Morgan fingerprint density at radius 3 is 2.50 bits per heavy atom. The molecule has 0 spiro atoms. The average molecular weight is 194 g/mol. The summed E-state index contributed by atoms with van der Waals surface area (Å²) >= 11 is 0. The molecule has 0 amide bonds. The topological polar surface area (TPSA) is 34.1 Å². The summed E-state index contributed by atoms with van der Waals surface area (Å²) in [5, 5.41) is 0. The fraction of sp³-hybridized carbons (Fsp3) is 0.667. The molecule has 0 aliphatic heterocycles. The molecule has 1 atom stereocenters. The second kappa shape index (κ2) is 4.07. The quantitative estimate of drug-likeness (QED) is 0.691. The van der Waals surface area contributed by atoms with Gasteiger partial charge < -0.3 is 0 Å². The van der Waals surface area contributed by atoms with Crippen molar-refractivity contribution in [3.63, 3.8) is 0 Å². The summed E-state index contributed by atoms with van der Waals surface area (Å²) in [6.45, 7) is 5.84. The maximum atomic E-state index is 11.6. The van der Waals surface area contributed by atoms with Crippen LogP contribution in [0.15, 0.2) is 12.2 Å². The molecule has 2 heteroatoms. The van der Waals surface area contributed by atoms with E-state index >= 15 is 0 Å². The third-order valence-corrected chi connectivity index (χ3v) is 3.09. The van der Waals surface area contributed by atoms with Crippen LogP contribution in [0.3, 0.4) is 0 Å². The summed E-state index contributed by atoms with van der Waals surface area (Å²) in [5.74, 6) is 0.0844. The molecule has 0 saturated carbocycles. The molecule has 0 radical (unpaired) electrons. The van der Waals surface area contributed by atoms with E-state index in [4.69, 9.17) is 0 Å². The Labute approximate surface area is 85.4 Å². The van der Waals surface area contributed by atoms with Crippen molar-refractivity contribution < 1.29 is 9.59 Å². The van der Waals surface area contributed by atoms with Gasteiger partial charge in [0.1, 0.15) is 0 Å². The van der Waals surface area contributed by atoms with Gasteiger partial charge in [-0.3, -0.25) is 9.59 Å². The van der Waals surface area contributed by atoms with Crippen LogP contribution in [-0.2, 0) is 9.59 Å². The van der Waals surface area contributed by atoms with Gasteiger partial charge in [0.05, 0.1) is 0 Å². The van der Waals surface area contributed by atoms with Crippen LogP contribution in [0.5, 0.6) is 0 Å². The van der Waals surface area contributed by atoms with Gasteiger partial charge in [0.25, 0.3) is 0 Å². The Bertz CT molecular complexity index is 274. The number of carbonyl (C=O) groups excluding carboxylic acids is 2. The molecule has 1 unspecified atom stereocenters. The van der Waals surface area contributed by atoms with Gasteiger partial charge in [0.2, 0.25) is 0 Å². The summed E-state index contributed by atoms with van der Waals surface area (Å²) in [7, 11) is 0. The van der Waals surface area contributed by atoms with Crippen molar-refractivity contribution in [2.45, 2.75) is 40.0 Å². The smallest absolute Gasteiger partial charge is 0.162 e. The van der Waals surface area contributed by atoms with Crippen LogP contribution in [0, 0.1) is 11.3 Å². The highest BCUT2D eigenvalue weighted by molar-refractivity contribution is 6.08. The lowest BCUT2D eigenvalue weighted by Crippen LogP contribution is -2.39. The van der Waals surface area contributed by atoms with Crippen molar-refractivity contribution in [1.82, 2.24) is 0 Å². The molecule has 1 aliphatic rings. The molecule has 0 saturated heterocycles. The van der Waals surface area contributed by atoms with Crippen molar-refractivity contribution in [2.24, 2.45) is 11.3 Å². The minimum absolute atomic E-state index is 0.0817. The molecule has 14 heavy (non-hydrogen) atoms. The largest absolute Gasteiger partial charge is 0.295 e. The van der Waals surface area contributed by atoms with Gasteiger partial charge in [-0.1, -0.05) is 33.6 Å². The van der Waals surface area contributed by atoms with Crippen molar-refractivity contribution in [3.8, 4) is 0 Å². The number of rotatable bonds is 3. The zero-order valence-corrected chi connectivity index (χ0v) is 9.17. The number of hydrogen-bond acceptors (Lipinski definition) is 2. The highest BCUT2D eigenvalue weighted by atomic mass is 16.1. The normalized spacial score (nSPS) is 25.5. The van der Waals surface area contributed by atoms with Crippen LogP contribution in [0.2, 0.25) is 0 Å². The van der Waals surface area contributed by atoms with E-state index in [1.54, 1.807) is 0 Å². The van der Waals surface area contributed by atoms with Gasteiger partial charge >= 0.3 is 0 Å². The van der Waals surface area contributed by atoms with Crippen molar-refractivity contribution in [3.05, 3.63) is 12.2 Å². The van der Waals surface area contributed by atoms with E-state index < -0.39 is 5.41 Å². The van der Waals surface area contributed by atoms with Gasteiger partial charge in [0, 0.05) is 11.3 Å². The Hall–Kier alpha value is -0.920. The van der Waals surface area contributed by atoms with E-state index in [-0.39, 0.29) is 17.5 Å². The van der Waals surface area contributed by atoms with Gasteiger partial charge in [0.15, 0.2) is 11.6 Å². The van der Waals surface area contributed by atoms with Crippen LogP contribution in [0.4, 0.5) is 0 Å². The second-order valence-corrected chi connectivity index (χ2v) is 4.52. The molecule has 0 aromatic carbocycles. The summed E-state index contributed by atoms with van der Waals surface area (Å²) in [4.78, 5) is 23.2. The summed E-state index contributed by atoms with van der Waals surface area (Å²) in [5.41, 5.74) is -0.499. The predicted molar refractivity (Wildman–Crippen MR) is 56.0 cm³/mol. The molecule has 78 valence electrons. The Morgan fingerprint density at radius 1 is 1.29 bits per heavy atom. The molecule has 1 rings (SSSR count). The SMILES string of the molecule is CCCCC1C(=O)C=CC(=O)C1(C)C. The first kappa shape index (κ1) is 11.2. The molecule has 0 heterocycles. The fourth-order valence-corrected chi connectivity index (χ4v) is 1.93. The molecule has 0 aromatic rings. The van der Waals surface area contributed by atoms with Crippen molar-refractivity contribution >= 4 is 11.6 Å². The molecule has 2 nitrogen and oxygen atoms in total. The molecule has 0 fully saturated rings. The zero-order valence-electron chi connectivity index (χ0n) is 9.17. The minimum Gasteiger partial charge on any atom is -0.295 e. The van der Waals surface area contributed by atoms with E-state index in [2.05, 4.69) is 6.92 Å². The van der Waals surface area contributed by atoms with Gasteiger partial charge in [-0.25, -0.2) is 0 Å². The van der Waals surface area contributed by atoms with Crippen LogP contribution >= 0.6 is 0 Å². The Morgan fingerprint density at radius 2 is 1.93 bits per heavy atom. The zero-order chi connectivity index (χ0) is 10.8. The molecule has 0 bridgehead atoms. The standard InChI is InChI=1S/C12H18O2/c1-4-5-6-9-10(13)7-8-11(14)12(9,2)3/h7-9H,4-6H2,1-3H3. The van der Waals surface area contributed by atoms with Crippen LogP contribution < -0.4 is 0 Å². The van der Waals surface area contributed by atoms with Gasteiger partial charge in [-0.2, -0.15) is 0 Å².